The van der Waals surface area contributed by atoms with Crippen LogP contribution < -0.4 is 4.74 Å². The van der Waals surface area contributed by atoms with Gasteiger partial charge in [-0.05, 0) is 24.3 Å². The Bertz CT molecular complexity index is 659. The second-order valence-corrected chi connectivity index (χ2v) is 4.73. The number of ether oxygens (including phenoxy) is 1. The van der Waals surface area contributed by atoms with Crippen LogP contribution in [0.3, 0.4) is 0 Å². The largest absolute Gasteiger partial charge is 0.487 e. The molecule has 0 spiro atoms. The fourth-order valence-electron chi connectivity index (χ4n) is 1.62. The van der Waals surface area contributed by atoms with E-state index in [1.807, 2.05) is 0 Å². The Labute approximate surface area is 124 Å². The number of carboxylic acid groups (broad SMARTS) is 1. The molecule has 0 saturated carbocycles. The Kier molecular flexibility index (Phi) is 4.47. The Hall–Kier alpha value is -1.78. The molecule has 0 aliphatic rings. The third-order valence-electron chi connectivity index (χ3n) is 2.60. The van der Waals surface area contributed by atoms with Crippen LogP contribution in [0.2, 0.25) is 10.0 Å². The summed E-state index contributed by atoms with van der Waals surface area (Å²) in [5.74, 6) is -1.51. The molecular weight excluding hydrogens is 306 g/mol. The van der Waals surface area contributed by atoms with Gasteiger partial charge in [0.25, 0.3) is 0 Å². The van der Waals surface area contributed by atoms with E-state index in [-0.39, 0.29) is 17.2 Å². The van der Waals surface area contributed by atoms with Crippen molar-refractivity contribution in [1.29, 1.82) is 0 Å². The zero-order valence-corrected chi connectivity index (χ0v) is 11.6. The van der Waals surface area contributed by atoms with Crippen molar-refractivity contribution in [2.24, 2.45) is 0 Å². The van der Waals surface area contributed by atoms with Gasteiger partial charge in [-0.2, -0.15) is 0 Å². The Morgan fingerprint density at radius 2 is 2.00 bits per heavy atom. The normalized spacial score (nSPS) is 10.3. The quantitative estimate of drug-likeness (QED) is 0.909. The van der Waals surface area contributed by atoms with E-state index in [0.29, 0.717) is 16.3 Å². The number of hydrogen-bond donors (Lipinski definition) is 1. The second kappa shape index (κ2) is 6.11. The first kappa shape index (κ1) is 14.6. The summed E-state index contributed by atoms with van der Waals surface area (Å²) >= 11 is 11.8. The van der Waals surface area contributed by atoms with Gasteiger partial charge in [0.2, 0.25) is 0 Å². The van der Waals surface area contributed by atoms with Gasteiger partial charge in [0.05, 0.1) is 10.6 Å². The van der Waals surface area contributed by atoms with Crippen molar-refractivity contribution >= 4 is 29.2 Å². The Morgan fingerprint density at radius 3 is 2.70 bits per heavy atom. The number of benzene rings is 2. The maximum atomic E-state index is 13.0. The summed E-state index contributed by atoms with van der Waals surface area (Å²) in [5.41, 5.74) is 0.193. The van der Waals surface area contributed by atoms with Gasteiger partial charge in [0.1, 0.15) is 23.2 Å². The first-order valence-electron chi connectivity index (χ1n) is 5.57. The summed E-state index contributed by atoms with van der Waals surface area (Å²) in [6, 6.07) is 8.35. The fraction of sp³-hybridized carbons (Fsp3) is 0.0714. The Morgan fingerprint density at radius 1 is 1.25 bits per heavy atom. The highest BCUT2D eigenvalue weighted by molar-refractivity contribution is 6.42. The van der Waals surface area contributed by atoms with Crippen molar-refractivity contribution in [3.63, 3.8) is 0 Å². The molecule has 2 aromatic carbocycles. The molecule has 104 valence electrons. The lowest BCUT2D eigenvalue weighted by atomic mass is 10.1. The van der Waals surface area contributed by atoms with Gasteiger partial charge in [0.15, 0.2) is 0 Å². The molecule has 0 unspecified atom stereocenters. The summed E-state index contributed by atoms with van der Waals surface area (Å²) in [6.45, 7) is -0.0536. The van der Waals surface area contributed by atoms with E-state index in [9.17, 15) is 9.18 Å². The van der Waals surface area contributed by atoms with Crippen molar-refractivity contribution in [2.75, 3.05) is 0 Å². The molecule has 2 aromatic rings. The summed E-state index contributed by atoms with van der Waals surface area (Å²) < 4.78 is 18.5. The molecule has 0 saturated heterocycles. The lowest BCUT2D eigenvalue weighted by Gasteiger charge is -2.10. The van der Waals surface area contributed by atoms with Crippen LogP contribution in [0.4, 0.5) is 4.39 Å². The molecule has 3 nitrogen and oxygen atoms in total. The first-order chi connectivity index (χ1) is 9.49. The van der Waals surface area contributed by atoms with Crippen LogP contribution >= 0.6 is 23.2 Å². The lowest BCUT2D eigenvalue weighted by molar-refractivity contribution is 0.0693. The smallest absolute Gasteiger partial charge is 0.336 e. The van der Waals surface area contributed by atoms with Crippen LogP contribution in [0.25, 0.3) is 0 Å². The minimum absolute atomic E-state index is 0.0536. The van der Waals surface area contributed by atoms with Crippen molar-refractivity contribution in [2.45, 2.75) is 6.61 Å². The van der Waals surface area contributed by atoms with Crippen molar-refractivity contribution in [3.05, 3.63) is 63.4 Å². The summed E-state index contributed by atoms with van der Waals surface area (Å²) in [4.78, 5) is 11.0. The molecule has 0 atom stereocenters. The molecule has 0 aliphatic carbocycles. The average Bonchev–Trinajstić information content (AvgIpc) is 2.41. The zero-order valence-electron chi connectivity index (χ0n) is 10.1. The van der Waals surface area contributed by atoms with E-state index in [1.54, 1.807) is 18.2 Å². The third kappa shape index (κ3) is 3.21. The standard InChI is InChI=1S/C14H9Cl2FO3/c15-11-2-1-3-12(13(11)16)20-7-8-4-5-9(17)6-10(8)14(18)19/h1-6H,7H2,(H,18,19). The highest BCUT2D eigenvalue weighted by atomic mass is 35.5. The average molecular weight is 315 g/mol. The molecule has 0 bridgehead atoms. The van der Waals surface area contributed by atoms with Crippen LogP contribution in [-0.4, -0.2) is 11.1 Å². The number of carbonyl (C=O) groups is 1. The van der Waals surface area contributed by atoms with E-state index < -0.39 is 11.8 Å². The highest BCUT2D eigenvalue weighted by Gasteiger charge is 2.13. The zero-order chi connectivity index (χ0) is 14.7. The number of carboxylic acids is 1. The van der Waals surface area contributed by atoms with E-state index in [0.717, 1.165) is 6.07 Å². The van der Waals surface area contributed by atoms with E-state index in [2.05, 4.69) is 0 Å². The highest BCUT2D eigenvalue weighted by Crippen LogP contribution is 2.32. The summed E-state index contributed by atoms with van der Waals surface area (Å²) in [6.07, 6.45) is 0. The van der Waals surface area contributed by atoms with Crippen molar-refractivity contribution in [3.8, 4) is 5.75 Å². The van der Waals surface area contributed by atoms with Gasteiger partial charge in [-0.25, -0.2) is 9.18 Å². The third-order valence-corrected chi connectivity index (χ3v) is 3.40. The number of rotatable bonds is 4. The minimum Gasteiger partial charge on any atom is -0.487 e. The molecule has 0 fully saturated rings. The van der Waals surface area contributed by atoms with Gasteiger partial charge in [0, 0.05) is 5.56 Å². The van der Waals surface area contributed by atoms with Crippen LogP contribution in [0, 0.1) is 5.82 Å². The molecular formula is C14H9Cl2FO3. The topological polar surface area (TPSA) is 46.5 Å². The maximum absolute atomic E-state index is 13.0. The second-order valence-electron chi connectivity index (χ2n) is 3.95. The first-order valence-corrected chi connectivity index (χ1v) is 6.33. The number of halogens is 3. The molecule has 1 N–H and O–H groups in total. The molecule has 2 rings (SSSR count). The van der Waals surface area contributed by atoms with Crippen LogP contribution in [0.1, 0.15) is 15.9 Å². The summed E-state index contributed by atoms with van der Waals surface area (Å²) in [5, 5.41) is 9.60. The molecule has 0 amide bonds. The molecule has 0 heterocycles. The molecule has 0 radical (unpaired) electrons. The molecule has 0 aromatic heterocycles. The Balaban J connectivity index is 2.23. The fourth-order valence-corrected chi connectivity index (χ4v) is 1.97. The molecule has 6 heteroatoms. The monoisotopic (exact) mass is 314 g/mol. The van der Waals surface area contributed by atoms with Crippen LogP contribution in [-0.2, 0) is 6.61 Å². The SMILES string of the molecule is O=C(O)c1cc(F)ccc1COc1cccc(Cl)c1Cl. The lowest BCUT2D eigenvalue weighted by Crippen LogP contribution is -2.06. The van der Waals surface area contributed by atoms with Gasteiger partial charge < -0.3 is 9.84 Å². The maximum Gasteiger partial charge on any atom is 0.336 e. The molecule has 0 aliphatic heterocycles. The van der Waals surface area contributed by atoms with Crippen LogP contribution in [0.15, 0.2) is 36.4 Å². The predicted molar refractivity (Wildman–Crippen MR) is 74.2 cm³/mol. The van der Waals surface area contributed by atoms with E-state index in [1.165, 1.54) is 12.1 Å². The minimum atomic E-state index is -1.22. The van der Waals surface area contributed by atoms with Crippen LogP contribution in [0.5, 0.6) is 5.75 Å². The van der Waals surface area contributed by atoms with Gasteiger partial charge >= 0.3 is 5.97 Å². The van der Waals surface area contributed by atoms with E-state index in [4.69, 9.17) is 33.0 Å². The van der Waals surface area contributed by atoms with Crippen molar-refractivity contribution < 1.29 is 19.0 Å². The molecule has 20 heavy (non-hydrogen) atoms. The van der Waals surface area contributed by atoms with E-state index >= 15 is 0 Å². The van der Waals surface area contributed by atoms with Gasteiger partial charge in [-0.1, -0.05) is 35.3 Å². The number of hydrogen-bond acceptors (Lipinski definition) is 2. The van der Waals surface area contributed by atoms with Gasteiger partial charge in [-0.3, -0.25) is 0 Å². The summed E-state index contributed by atoms with van der Waals surface area (Å²) in [7, 11) is 0. The van der Waals surface area contributed by atoms with Crippen molar-refractivity contribution in [1.82, 2.24) is 0 Å². The van der Waals surface area contributed by atoms with Gasteiger partial charge in [-0.15, -0.1) is 0 Å². The predicted octanol–water partition coefficient (Wildman–Crippen LogP) is 4.41. The number of aromatic carboxylic acids is 1.